The van der Waals surface area contributed by atoms with Crippen molar-refractivity contribution in [3.05, 3.63) is 6.42 Å². The monoisotopic (exact) mass is 130 g/mol. The molecule has 0 aliphatic heterocycles. The molecule has 0 aromatic heterocycles. The fourth-order valence-corrected chi connectivity index (χ4v) is 0.595. The Labute approximate surface area is 57.4 Å². The van der Waals surface area contributed by atoms with Gasteiger partial charge in [-0.15, -0.1) is 0 Å². The van der Waals surface area contributed by atoms with Gasteiger partial charge in [-0.25, -0.2) is 0 Å². The van der Waals surface area contributed by atoms with Crippen LogP contribution in [0.25, 0.3) is 0 Å². The standard InChI is InChI=1S/C7H16NO/c1-4-5-6-7(2)8(3)9/h4,7,9H,5-6H2,1-3H3. The Balaban J connectivity index is 3.16. The van der Waals surface area contributed by atoms with E-state index in [-0.39, 0.29) is 6.04 Å². The molecule has 0 spiro atoms. The predicted octanol–water partition coefficient (Wildman–Crippen LogP) is 1.70. The molecule has 0 aromatic carbocycles. The molecule has 0 fully saturated rings. The first-order valence-corrected chi connectivity index (χ1v) is 3.38. The molecular formula is C7H16NO. The van der Waals surface area contributed by atoms with Gasteiger partial charge in [-0.3, -0.25) is 0 Å². The molecule has 55 valence electrons. The third-order valence-electron chi connectivity index (χ3n) is 1.51. The minimum Gasteiger partial charge on any atom is -0.314 e. The summed E-state index contributed by atoms with van der Waals surface area (Å²) in [6.45, 7) is 4.04. The largest absolute Gasteiger partial charge is 0.314 e. The van der Waals surface area contributed by atoms with Crippen molar-refractivity contribution >= 4 is 0 Å². The molecule has 0 heterocycles. The van der Waals surface area contributed by atoms with Gasteiger partial charge in [-0.1, -0.05) is 6.92 Å². The molecule has 1 atom stereocenters. The van der Waals surface area contributed by atoms with Crippen molar-refractivity contribution < 1.29 is 5.21 Å². The Bertz CT molecular complexity index is 63.9. The Hall–Kier alpha value is -0.0800. The van der Waals surface area contributed by atoms with Gasteiger partial charge in [0.2, 0.25) is 0 Å². The molecule has 0 aliphatic rings. The first kappa shape index (κ1) is 8.92. The van der Waals surface area contributed by atoms with Crippen LogP contribution in [0.3, 0.4) is 0 Å². The van der Waals surface area contributed by atoms with Crippen LogP contribution in [0.5, 0.6) is 0 Å². The highest BCUT2D eigenvalue weighted by Gasteiger charge is 2.03. The molecule has 9 heavy (non-hydrogen) atoms. The lowest BCUT2D eigenvalue weighted by atomic mass is 10.1. The van der Waals surface area contributed by atoms with Gasteiger partial charge in [-0.05, 0) is 26.2 Å². The quantitative estimate of drug-likeness (QED) is 0.585. The number of hydrogen-bond acceptors (Lipinski definition) is 2. The Morgan fingerprint density at radius 2 is 2.22 bits per heavy atom. The van der Waals surface area contributed by atoms with Gasteiger partial charge in [0.05, 0.1) is 0 Å². The molecule has 1 unspecified atom stereocenters. The summed E-state index contributed by atoms with van der Waals surface area (Å²) >= 11 is 0. The van der Waals surface area contributed by atoms with Gasteiger partial charge in [0.15, 0.2) is 0 Å². The zero-order valence-electron chi connectivity index (χ0n) is 6.46. The fraction of sp³-hybridized carbons (Fsp3) is 0.857. The van der Waals surface area contributed by atoms with E-state index in [1.165, 1.54) is 5.06 Å². The zero-order valence-corrected chi connectivity index (χ0v) is 6.46. The lowest BCUT2D eigenvalue weighted by Gasteiger charge is -2.16. The molecule has 0 aliphatic carbocycles. The van der Waals surface area contributed by atoms with E-state index < -0.39 is 0 Å². The molecule has 0 saturated heterocycles. The van der Waals surface area contributed by atoms with Crippen molar-refractivity contribution in [2.24, 2.45) is 0 Å². The van der Waals surface area contributed by atoms with Gasteiger partial charge < -0.3 is 5.21 Å². The summed E-state index contributed by atoms with van der Waals surface area (Å²) in [5, 5.41) is 10.1. The summed E-state index contributed by atoms with van der Waals surface area (Å²) < 4.78 is 0. The van der Waals surface area contributed by atoms with Gasteiger partial charge >= 0.3 is 0 Å². The van der Waals surface area contributed by atoms with Crippen LogP contribution in [0.1, 0.15) is 26.7 Å². The number of hydroxylamine groups is 2. The van der Waals surface area contributed by atoms with Gasteiger partial charge in [-0.2, -0.15) is 5.06 Å². The third-order valence-corrected chi connectivity index (χ3v) is 1.51. The molecule has 1 radical (unpaired) electrons. The Kier molecular flexibility index (Phi) is 4.72. The molecule has 2 nitrogen and oxygen atoms in total. The van der Waals surface area contributed by atoms with Gasteiger partial charge in [0.25, 0.3) is 0 Å². The van der Waals surface area contributed by atoms with Crippen LogP contribution in [0, 0.1) is 6.42 Å². The van der Waals surface area contributed by atoms with Crippen LogP contribution in [-0.4, -0.2) is 23.4 Å². The topological polar surface area (TPSA) is 23.5 Å². The van der Waals surface area contributed by atoms with Crippen LogP contribution in [0.2, 0.25) is 0 Å². The van der Waals surface area contributed by atoms with Gasteiger partial charge in [0, 0.05) is 13.1 Å². The summed E-state index contributed by atoms with van der Waals surface area (Å²) in [6, 6.07) is 0.279. The summed E-state index contributed by atoms with van der Waals surface area (Å²) in [7, 11) is 1.68. The number of nitrogens with zero attached hydrogens (tertiary/aromatic N) is 1. The highest BCUT2D eigenvalue weighted by molar-refractivity contribution is 4.62. The zero-order chi connectivity index (χ0) is 7.28. The second kappa shape index (κ2) is 4.77. The van der Waals surface area contributed by atoms with E-state index in [1.807, 2.05) is 13.8 Å². The van der Waals surface area contributed by atoms with Crippen molar-refractivity contribution in [3.8, 4) is 0 Å². The maximum absolute atomic E-state index is 8.87. The SMILES string of the molecule is C[CH]CCC(C)N(C)O. The number of hydrogen-bond donors (Lipinski definition) is 1. The summed E-state index contributed by atoms with van der Waals surface area (Å²) in [6.07, 6.45) is 4.22. The predicted molar refractivity (Wildman–Crippen MR) is 38.2 cm³/mol. The molecule has 0 aromatic rings. The Morgan fingerprint density at radius 1 is 1.67 bits per heavy atom. The van der Waals surface area contributed by atoms with Crippen molar-refractivity contribution in [1.29, 1.82) is 0 Å². The van der Waals surface area contributed by atoms with E-state index in [0.29, 0.717) is 0 Å². The molecule has 0 bridgehead atoms. The molecule has 0 saturated carbocycles. The lowest BCUT2D eigenvalue weighted by Crippen LogP contribution is -2.24. The smallest absolute Gasteiger partial charge is 0.0319 e. The van der Waals surface area contributed by atoms with Crippen molar-refractivity contribution in [3.63, 3.8) is 0 Å². The van der Waals surface area contributed by atoms with E-state index >= 15 is 0 Å². The van der Waals surface area contributed by atoms with Crippen LogP contribution in [0.4, 0.5) is 0 Å². The minimum absolute atomic E-state index is 0.279. The highest BCUT2D eigenvalue weighted by atomic mass is 16.5. The summed E-state index contributed by atoms with van der Waals surface area (Å²) in [4.78, 5) is 0. The van der Waals surface area contributed by atoms with E-state index in [4.69, 9.17) is 5.21 Å². The van der Waals surface area contributed by atoms with E-state index in [9.17, 15) is 0 Å². The molecule has 0 rings (SSSR count). The maximum atomic E-state index is 8.87. The summed E-state index contributed by atoms with van der Waals surface area (Å²) in [5.74, 6) is 0. The van der Waals surface area contributed by atoms with E-state index in [2.05, 4.69) is 6.42 Å². The lowest BCUT2D eigenvalue weighted by molar-refractivity contribution is -0.0985. The van der Waals surface area contributed by atoms with Crippen LogP contribution in [-0.2, 0) is 0 Å². The maximum Gasteiger partial charge on any atom is 0.0319 e. The fourth-order valence-electron chi connectivity index (χ4n) is 0.595. The van der Waals surface area contributed by atoms with E-state index in [0.717, 1.165) is 12.8 Å². The number of unbranched alkanes of at least 4 members (excludes halogenated alkanes) is 1. The third kappa shape index (κ3) is 4.43. The van der Waals surface area contributed by atoms with Crippen molar-refractivity contribution in [2.75, 3.05) is 7.05 Å². The summed E-state index contributed by atoms with van der Waals surface area (Å²) in [5.41, 5.74) is 0. The van der Waals surface area contributed by atoms with Crippen molar-refractivity contribution in [2.45, 2.75) is 32.7 Å². The first-order chi connectivity index (χ1) is 4.18. The highest BCUT2D eigenvalue weighted by Crippen LogP contribution is 2.02. The van der Waals surface area contributed by atoms with Crippen molar-refractivity contribution in [1.82, 2.24) is 5.06 Å². The average Bonchev–Trinajstić information content (AvgIpc) is 1.82. The van der Waals surface area contributed by atoms with E-state index in [1.54, 1.807) is 7.05 Å². The van der Waals surface area contributed by atoms with Gasteiger partial charge in [0.1, 0.15) is 0 Å². The molecule has 0 amide bonds. The average molecular weight is 130 g/mol. The Morgan fingerprint density at radius 3 is 2.56 bits per heavy atom. The molecular weight excluding hydrogens is 114 g/mol. The minimum atomic E-state index is 0.279. The molecule has 1 N–H and O–H groups in total. The molecule has 2 heteroatoms. The first-order valence-electron chi connectivity index (χ1n) is 3.38. The van der Waals surface area contributed by atoms with Crippen LogP contribution < -0.4 is 0 Å². The van der Waals surface area contributed by atoms with Crippen LogP contribution in [0.15, 0.2) is 0 Å². The number of rotatable bonds is 4. The normalized spacial score (nSPS) is 14.3. The second-order valence-corrected chi connectivity index (χ2v) is 2.41. The second-order valence-electron chi connectivity index (χ2n) is 2.41. The van der Waals surface area contributed by atoms with Crippen LogP contribution >= 0.6 is 0 Å².